The lowest BCUT2D eigenvalue weighted by atomic mass is 10.3. The first-order valence-electron chi connectivity index (χ1n) is 6.10. The first-order chi connectivity index (χ1) is 8.90. The summed E-state index contributed by atoms with van der Waals surface area (Å²) >= 11 is 4.49. The third-order valence-corrected chi connectivity index (χ3v) is 2.87. The number of rotatable bonds is 6. The number of thiol groups is 1. The van der Waals surface area contributed by atoms with Crippen molar-refractivity contribution in [2.24, 2.45) is 5.10 Å². The number of nitrogens with one attached hydrogen (secondary N) is 1. The molecule has 2 N–H and O–H groups in total. The summed E-state index contributed by atoms with van der Waals surface area (Å²) in [5, 5.41) is 15.1. The fourth-order valence-corrected chi connectivity index (χ4v) is 1.99. The molecule has 0 amide bonds. The molecule has 1 saturated heterocycles. The minimum Gasteiger partial charge on any atom is -0.341 e. The van der Waals surface area contributed by atoms with Gasteiger partial charge >= 0.3 is 5.03 Å². The van der Waals surface area contributed by atoms with Crippen LogP contribution in [0.3, 0.4) is 0 Å². The van der Waals surface area contributed by atoms with Crippen molar-refractivity contribution >= 4 is 18.6 Å². The molecule has 0 bridgehead atoms. The van der Waals surface area contributed by atoms with Crippen LogP contribution in [0.2, 0.25) is 0 Å². The molecule has 0 aromatic rings. The van der Waals surface area contributed by atoms with Gasteiger partial charge in [-0.1, -0.05) is 13.8 Å². The van der Waals surface area contributed by atoms with Crippen molar-refractivity contribution in [1.82, 2.24) is 15.1 Å². The summed E-state index contributed by atoms with van der Waals surface area (Å²) in [7, 11) is 1.73. The van der Waals surface area contributed by atoms with E-state index < -0.39 is 5.03 Å². The minimum absolute atomic E-state index is 0.0569. The Morgan fingerprint density at radius 2 is 2.26 bits per heavy atom. The standard InChI is InChI=1S/C10H21N5O3S/c1-8(2)11-4-9(19)5-14-7-18-6-13(3)10(14)12-15(16)17/h8-9,11H,4-7H2,1-3H3,(H-,16,17,19)/p+1/b12-10+. The van der Waals surface area contributed by atoms with Gasteiger partial charge in [-0.05, 0) is 0 Å². The van der Waals surface area contributed by atoms with Crippen LogP contribution in [0.5, 0.6) is 0 Å². The van der Waals surface area contributed by atoms with Gasteiger partial charge in [0.1, 0.15) is 23.5 Å². The Morgan fingerprint density at radius 3 is 2.84 bits per heavy atom. The van der Waals surface area contributed by atoms with Crippen LogP contribution in [0, 0.1) is 4.91 Å². The lowest BCUT2D eigenvalue weighted by Gasteiger charge is -2.35. The zero-order chi connectivity index (χ0) is 14.4. The third kappa shape index (κ3) is 5.62. The Hall–Kier alpha value is -1.06. The zero-order valence-corrected chi connectivity index (χ0v) is 12.4. The summed E-state index contributed by atoms with van der Waals surface area (Å²) in [5.41, 5.74) is 0. The Balaban J connectivity index is 2.60. The van der Waals surface area contributed by atoms with Gasteiger partial charge in [0.15, 0.2) is 0 Å². The van der Waals surface area contributed by atoms with E-state index in [1.807, 2.05) is 0 Å². The second-order valence-electron chi connectivity index (χ2n) is 4.75. The molecule has 8 nitrogen and oxygen atoms in total. The monoisotopic (exact) mass is 292 g/mol. The molecule has 1 aliphatic heterocycles. The summed E-state index contributed by atoms with van der Waals surface area (Å²) in [5.74, 6) is 0.368. The number of hydrazone groups is 1. The number of guanidine groups is 1. The number of hydrogen-bond acceptors (Lipinski definition) is 4. The molecule has 0 saturated carbocycles. The SMILES string of the molecule is CC(C)NCC(S)CN1COCN(C)/C1=N\[N+](=O)O. The van der Waals surface area contributed by atoms with E-state index >= 15 is 0 Å². The molecule has 0 aromatic carbocycles. The molecule has 1 aliphatic rings. The quantitative estimate of drug-likeness (QED) is 0.469. The molecule has 9 heteroatoms. The molecule has 1 heterocycles. The maximum Gasteiger partial charge on any atom is 0.391 e. The van der Waals surface area contributed by atoms with E-state index in [4.69, 9.17) is 9.94 Å². The molecule has 1 rings (SSSR count). The molecular formula is C10H22N5O3S+. The van der Waals surface area contributed by atoms with E-state index in [1.165, 1.54) is 0 Å². The highest BCUT2D eigenvalue weighted by atomic mass is 32.1. The lowest BCUT2D eigenvalue weighted by molar-refractivity contribution is -0.797. The highest BCUT2D eigenvalue weighted by molar-refractivity contribution is 7.81. The van der Waals surface area contributed by atoms with Gasteiger partial charge in [-0.15, -0.1) is 0 Å². The van der Waals surface area contributed by atoms with Crippen LogP contribution in [-0.2, 0) is 4.74 Å². The molecule has 0 radical (unpaired) electrons. The second-order valence-corrected chi connectivity index (χ2v) is 5.48. The van der Waals surface area contributed by atoms with Gasteiger partial charge in [0.05, 0.1) is 0 Å². The average molecular weight is 292 g/mol. The molecule has 1 unspecified atom stereocenters. The van der Waals surface area contributed by atoms with Crippen molar-refractivity contribution < 1.29 is 15.0 Å². The van der Waals surface area contributed by atoms with Gasteiger partial charge in [0, 0.05) is 31.4 Å². The van der Waals surface area contributed by atoms with Crippen molar-refractivity contribution in [2.45, 2.75) is 25.1 Å². The smallest absolute Gasteiger partial charge is 0.341 e. The summed E-state index contributed by atoms with van der Waals surface area (Å²) in [4.78, 5) is 14.1. The van der Waals surface area contributed by atoms with Gasteiger partial charge in [0.25, 0.3) is 5.96 Å². The molecule has 1 atom stereocenters. The zero-order valence-electron chi connectivity index (χ0n) is 11.5. The van der Waals surface area contributed by atoms with Crippen LogP contribution in [0.1, 0.15) is 13.8 Å². The average Bonchev–Trinajstić information content (AvgIpc) is 2.30. The molecule has 0 aliphatic carbocycles. The fourth-order valence-electron chi connectivity index (χ4n) is 1.69. The molecule has 19 heavy (non-hydrogen) atoms. The molecule has 0 aromatic heterocycles. The summed E-state index contributed by atoms with van der Waals surface area (Å²) in [6.07, 6.45) is 0. The molecule has 110 valence electrons. The van der Waals surface area contributed by atoms with E-state index in [9.17, 15) is 4.91 Å². The highest BCUT2D eigenvalue weighted by Gasteiger charge is 2.27. The van der Waals surface area contributed by atoms with E-state index in [1.54, 1.807) is 16.8 Å². The third-order valence-electron chi connectivity index (χ3n) is 2.52. The maximum atomic E-state index is 10.7. The second kappa shape index (κ2) is 7.51. The summed E-state index contributed by atoms with van der Waals surface area (Å²) in [6.45, 7) is 6.05. The van der Waals surface area contributed by atoms with Crippen molar-refractivity contribution in [3.05, 3.63) is 4.91 Å². The van der Waals surface area contributed by atoms with E-state index in [0.717, 1.165) is 6.54 Å². The van der Waals surface area contributed by atoms with Crippen LogP contribution in [0.15, 0.2) is 5.10 Å². The predicted molar refractivity (Wildman–Crippen MR) is 74.0 cm³/mol. The van der Waals surface area contributed by atoms with Crippen LogP contribution < -0.4 is 5.32 Å². The molecule has 0 spiro atoms. The largest absolute Gasteiger partial charge is 0.391 e. The van der Waals surface area contributed by atoms with E-state index in [2.05, 4.69) is 36.9 Å². The minimum atomic E-state index is -0.440. The van der Waals surface area contributed by atoms with E-state index in [-0.39, 0.29) is 5.25 Å². The van der Waals surface area contributed by atoms with Crippen molar-refractivity contribution in [1.29, 1.82) is 0 Å². The van der Waals surface area contributed by atoms with Crippen LogP contribution in [0.4, 0.5) is 0 Å². The summed E-state index contributed by atoms with van der Waals surface area (Å²) < 4.78 is 5.35. The van der Waals surface area contributed by atoms with Crippen molar-refractivity contribution in [2.75, 3.05) is 33.6 Å². The summed E-state index contributed by atoms with van der Waals surface area (Å²) in [6, 6.07) is 0.387. The Labute approximate surface area is 118 Å². The number of ether oxygens (including phenoxy) is 1. The van der Waals surface area contributed by atoms with Crippen LogP contribution >= 0.6 is 12.6 Å². The lowest BCUT2D eigenvalue weighted by Crippen LogP contribution is -2.52. The Bertz CT molecular complexity index is 339. The number of nitrogens with zero attached hydrogens (tertiary/aromatic N) is 4. The first-order valence-corrected chi connectivity index (χ1v) is 6.61. The number of hydrogen-bond donors (Lipinski definition) is 3. The van der Waals surface area contributed by atoms with Gasteiger partial charge in [-0.3, -0.25) is 0 Å². The maximum absolute atomic E-state index is 10.7. The Kier molecular flexibility index (Phi) is 6.32. The van der Waals surface area contributed by atoms with Crippen molar-refractivity contribution in [3.63, 3.8) is 0 Å². The van der Waals surface area contributed by atoms with Gasteiger partial charge in [-0.2, -0.15) is 12.6 Å². The van der Waals surface area contributed by atoms with Gasteiger partial charge in [-0.25, -0.2) is 5.21 Å². The highest BCUT2D eigenvalue weighted by Crippen LogP contribution is 2.08. The van der Waals surface area contributed by atoms with Gasteiger partial charge < -0.3 is 19.9 Å². The Morgan fingerprint density at radius 1 is 1.58 bits per heavy atom. The van der Waals surface area contributed by atoms with Crippen LogP contribution in [0.25, 0.3) is 0 Å². The topological polar surface area (TPSA) is 80.4 Å². The van der Waals surface area contributed by atoms with E-state index in [0.29, 0.717) is 32.0 Å². The fraction of sp³-hybridized carbons (Fsp3) is 0.900. The van der Waals surface area contributed by atoms with Gasteiger partial charge in [0.2, 0.25) is 0 Å². The molecular weight excluding hydrogens is 270 g/mol. The predicted octanol–water partition coefficient (Wildman–Crippen LogP) is -0.0991. The first kappa shape index (κ1) is 16.0. The van der Waals surface area contributed by atoms with Crippen molar-refractivity contribution in [3.8, 4) is 0 Å². The van der Waals surface area contributed by atoms with Crippen LogP contribution in [-0.4, -0.2) is 70.9 Å². The normalized spacial score (nSPS) is 20.2. The molecule has 1 fully saturated rings.